The highest BCUT2D eigenvalue weighted by atomic mass is 15.0. The monoisotopic (exact) mass is 249 g/mol. The minimum atomic E-state index is 0.415. The summed E-state index contributed by atoms with van der Waals surface area (Å²) in [6.45, 7) is 0. The number of anilines is 2. The fourth-order valence-corrected chi connectivity index (χ4v) is 2.41. The average Bonchev–Trinajstić information content (AvgIpc) is 3.21. The Kier molecular flexibility index (Phi) is 2.85. The van der Waals surface area contributed by atoms with E-state index < -0.39 is 0 Å². The van der Waals surface area contributed by atoms with E-state index in [1.54, 1.807) is 6.07 Å². The third-order valence-corrected chi connectivity index (χ3v) is 3.59. The van der Waals surface area contributed by atoms with Crippen LogP contribution in [0.4, 0.5) is 11.4 Å². The number of rotatable bonds is 3. The Balaban J connectivity index is 1.74. The zero-order valence-electron chi connectivity index (χ0n) is 10.5. The topological polar surface area (TPSA) is 61.8 Å². The van der Waals surface area contributed by atoms with Crippen molar-refractivity contribution in [1.82, 2.24) is 0 Å². The second-order valence-electron chi connectivity index (χ2n) is 4.88. The van der Waals surface area contributed by atoms with Crippen molar-refractivity contribution >= 4 is 11.4 Å². The Morgan fingerprint density at radius 3 is 2.63 bits per heavy atom. The van der Waals surface area contributed by atoms with E-state index in [-0.39, 0.29) is 0 Å². The summed E-state index contributed by atoms with van der Waals surface area (Å²) in [6.07, 6.45) is 1.11. The van der Waals surface area contributed by atoms with Crippen molar-refractivity contribution in [1.29, 1.82) is 5.26 Å². The number of hydrogen-bond acceptors (Lipinski definition) is 3. The van der Waals surface area contributed by atoms with Crippen molar-refractivity contribution in [2.45, 2.75) is 18.4 Å². The molecular formula is C16H15N3. The first kappa shape index (κ1) is 11.6. The summed E-state index contributed by atoms with van der Waals surface area (Å²) in [4.78, 5) is 0. The normalized spacial score (nSPS) is 20.6. The Labute approximate surface area is 112 Å². The second kappa shape index (κ2) is 4.66. The molecule has 0 bridgehead atoms. The van der Waals surface area contributed by atoms with Crippen molar-refractivity contribution in [2.24, 2.45) is 0 Å². The van der Waals surface area contributed by atoms with Crippen molar-refractivity contribution in [3.8, 4) is 6.07 Å². The fourth-order valence-electron chi connectivity index (χ4n) is 2.41. The van der Waals surface area contributed by atoms with Crippen molar-refractivity contribution < 1.29 is 0 Å². The van der Waals surface area contributed by atoms with Crippen LogP contribution in [-0.4, -0.2) is 6.04 Å². The fraction of sp³-hybridized carbons (Fsp3) is 0.188. The number of nitrogens with zero attached hydrogens (tertiary/aromatic N) is 1. The molecule has 1 aliphatic rings. The second-order valence-corrected chi connectivity index (χ2v) is 4.88. The maximum absolute atomic E-state index is 8.96. The molecule has 0 aliphatic heterocycles. The molecule has 1 aliphatic carbocycles. The van der Waals surface area contributed by atoms with Crippen LogP contribution in [0.15, 0.2) is 48.5 Å². The lowest BCUT2D eigenvalue weighted by molar-refractivity contribution is 1.05. The highest BCUT2D eigenvalue weighted by Crippen LogP contribution is 2.43. The van der Waals surface area contributed by atoms with Gasteiger partial charge in [0.05, 0.1) is 16.9 Å². The first-order valence-corrected chi connectivity index (χ1v) is 6.39. The molecule has 0 amide bonds. The molecule has 1 fully saturated rings. The number of nitrogens with two attached hydrogens (primary N) is 1. The summed E-state index contributed by atoms with van der Waals surface area (Å²) in [7, 11) is 0. The highest BCUT2D eigenvalue weighted by molar-refractivity contribution is 5.73. The summed E-state index contributed by atoms with van der Waals surface area (Å²) < 4.78 is 0. The van der Waals surface area contributed by atoms with Crippen molar-refractivity contribution in [2.75, 3.05) is 11.1 Å². The summed E-state index contributed by atoms with van der Waals surface area (Å²) in [5, 5.41) is 12.4. The van der Waals surface area contributed by atoms with Gasteiger partial charge in [-0.1, -0.05) is 36.4 Å². The Hall–Kier alpha value is -2.47. The first-order chi connectivity index (χ1) is 9.29. The molecule has 0 heterocycles. The van der Waals surface area contributed by atoms with Crippen LogP contribution in [0, 0.1) is 11.3 Å². The summed E-state index contributed by atoms with van der Waals surface area (Å²) in [5.74, 6) is 0.548. The lowest BCUT2D eigenvalue weighted by Crippen LogP contribution is -2.07. The van der Waals surface area contributed by atoms with Gasteiger partial charge in [0.1, 0.15) is 6.07 Å². The summed E-state index contributed by atoms with van der Waals surface area (Å²) in [6, 6.07) is 18.5. The molecule has 0 aromatic heterocycles. The van der Waals surface area contributed by atoms with Crippen LogP contribution in [-0.2, 0) is 0 Å². The number of benzene rings is 2. The zero-order chi connectivity index (χ0) is 13.2. The molecule has 3 nitrogen and oxygen atoms in total. The van der Waals surface area contributed by atoms with E-state index in [9.17, 15) is 0 Å². The molecular weight excluding hydrogens is 234 g/mol. The van der Waals surface area contributed by atoms with Crippen LogP contribution in [0.2, 0.25) is 0 Å². The van der Waals surface area contributed by atoms with E-state index in [1.807, 2.05) is 18.2 Å². The highest BCUT2D eigenvalue weighted by Gasteiger charge is 2.38. The van der Waals surface area contributed by atoms with Gasteiger partial charge in [0.2, 0.25) is 0 Å². The first-order valence-electron chi connectivity index (χ1n) is 6.39. The van der Waals surface area contributed by atoms with Crippen LogP contribution in [0.25, 0.3) is 0 Å². The summed E-state index contributed by atoms with van der Waals surface area (Å²) >= 11 is 0. The van der Waals surface area contributed by atoms with Gasteiger partial charge in [-0.3, -0.25) is 0 Å². The van der Waals surface area contributed by atoms with E-state index in [1.165, 1.54) is 5.56 Å². The predicted molar refractivity (Wildman–Crippen MR) is 76.8 cm³/mol. The number of nitrogens with one attached hydrogen (secondary N) is 1. The van der Waals surface area contributed by atoms with Crippen LogP contribution < -0.4 is 11.1 Å². The van der Waals surface area contributed by atoms with Crippen LogP contribution >= 0.6 is 0 Å². The van der Waals surface area contributed by atoms with Crippen LogP contribution in [0.3, 0.4) is 0 Å². The molecule has 3 rings (SSSR count). The van der Waals surface area contributed by atoms with Crippen LogP contribution in [0.1, 0.15) is 23.5 Å². The number of nitriles is 1. The van der Waals surface area contributed by atoms with Gasteiger partial charge in [-0.25, -0.2) is 0 Å². The van der Waals surface area contributed by atoms with Gasteiger partial charge in [-0.05, 0) is 24.1 Å². The van der Waals surface area contributed by atoms with Gasteiger partial charge in [-0.15, -0.1) is 0 Å². The van der Waals surface area contributed by atoms with Crippen molar-refractivity contribution in [3.63, 3.8) is 0 Å². The van der Waals surface area contributed by atoms with Gasteiger partial charge >= 0.3 is 0 Å². The summed E-state index contributed by atoms with van der Waals surface area (Å²) in [5.41, 5.74) is 9.26. The Morgan fingerprint density at radius 1 is 1.11 bits per heavy atom. The molecule has 0 saturated heterocycles. The molecule has 3 N–H and O–H groups in total. The largest absolute Gasteiger partial charge is 0.396 e. The molecule has 94 valence electrons. The van der Waals surface area contributed by atoms with Gasteiger partial charge in [0, 0.05) is 12.0 Å². The number of para-hydroxylation sites is 1. The minimum absolute atomic E-state index is 0.415. The third-order valence-electron chi connectivity index (χ3n) is 3.59. The van der Waals surface area contributed by atoms with E-state index in [0.29, 0.717) is 23.2 Å². The molecule has 2 atom stereocenters. The van der Waals surface area contributed by atoms with E-state index >= 15 is 0 Å². The molecule has 3 heteroatoms. The van der Waals surface area contributed by atoms with Gasteiger partial charge in [0.15, 0.2) is 0 Å². The molecule has 19 heavy (non-hydrogen) atoms. The molecule has 0 spiro atoms. The molecule has 2 unspecified atom stereocenters. The number of hydrogen-bond donors (Lipinski definition) is 2. The lowest BCUT2D eigenvalue weighted by atomic mass is 10.1. The van der Waals surface area contributed by atoms with E-state index in [0.717, 1.165) is 12.1 Å². The Morgan fingerprint density at radius 2 is 1.89 bits per heavy atom. The van der Waals surface area contributed by atoms with E-state index in [2.05, 4.69) is 35.7 Å². The smallest absolute Gasteiger partial charge is 0.101 e. The quantitative estimate of drug-likeness (QED) is 0.822. The lowest BCUT2D eigenvalue weighted by Gasteiger charge is -2.10. The Bertz CT molecular complexity index is 628. The SMILES string of the molecule is N#Cc1cccc(NC2CC2c2ccccc2)c1N. The van der Waals surface area contributed by atoms with Gasteiger partial charge in [0.25, 0.3) is 0 Å². The maximum Gasteiger partial charge on any atom is 0.101 e. The predicted octanol–water partition coefficient (Wildman–Crippen LogP) is 3.11. The van der Waals surface area contributed by atoms with Crippen LogP contribution in [0.5, 0.6) is 0 Å². The van der Waals surface area contributed by atoms with Gasteiger partial charge < -0.3 is 11.1 Å². The molecule has 0 radical (unpaired) electrons. The minimum Gasteiger partial charge on any atom is -0.396 e. The van der Waals surface area contributed by atoms with Crippen molar-refractivity contribution in [3.05, 3.63) is 59.7 Å². The molecule has 2 aromatic carbocycles. The van der Waals surface area contributed by atoms with E-state index in [4.69, 9.17) is 11.0 Å². The maximum atomic E-state index is 8.96. The standard InChI is InChI=1S/C16H15N3/c17-10-12-7-4-8-14(16(12)18)19-15-9-13(15)11-5-2-1-3-6-11/h1-8,13,15,19H,9,18H2. The average molecular weight is 249 g/mol. The molecule has 2 aromatic rings. The third kappa shape index (κ3) is 2.25. The molecule has 1 saturated carbocycles. The number of nitrogen functional groups attached to an aromatic ring is 1. The van der Waals surface area contributed by atoms with Gasteiger partial charge in [-0.2, -0.15) is 5.26 Å². The zero-order valence-corrected chi connectivity index (χ0v) is 10.5.